The van der Waals surface area contributed by atoms with Crippen LogP contribution in [0.5, 0.6) is 0 Å². The lowest BCUT2D eigenvalue weighted by atomic mass is 9.85. The molecule has 4 unspecified atom stereocenters. The molecule has 244 valence electrons. The second-order valence-electron chi connectivity index (χ2n) is 13.7. The summed E-state index contributed by atoms with van der Waals surface area (Å²) >= 11 is 0. The van der Waals surface area contributed by atoms with Crippen LogP contribution in [0.1, 0.15) is 52.4 Å². The van der Waals surface area contributed by atoms with E-state index in [9.17, 15) is 5.11 Å². The molecule has 0 bridgehead atoms. The van der Waals surface area contributed by atoms with Gasteiger partial charge in [0, 0.05) is 70.3 Å². The van der Waals surface area contributed by atoms with Gasteiger partial charge in [0.2, 0.25) is 0 Å². The summed E-state index contributed by atoms with van der Waals surface area (Å²) in [5.41, 5.74) is 0. The lowest BCUT2D eigenvalue weighted by Gasteiger charge is -2.40. The Morgan fingerprint density at radius 2 is 2.05 bits per heavy atom. The third-order valence-corrected chi connectivity index (χ3v) is 10.3. The molecule has 9 nitrogen and oxygen atoms in total. The number of guanidine groups is 1. The van der Waals surface area contributed by atoms with Gasteiger partial charge in [0.05, 0.1) is 12.3 Å². The van der Waals surface area contributed by atoms with Crippen LogP contribution in [0, 0.1) is 23.7 Å². The van der Waals surface area contributed by atoms with Crippen LogP contribution in [0.4, 0.5) is 0 Å². The van der Waals surface area contributed by atoms with E-state index in [4.69, 9.17) is 9.73 Å². The maximum Gasteiger partial charge on any atom is 0.192 e. The monoisotopic (exact) mass is 599 g/mol. The molecule has 2 heterocycles. The molecule has 0 aromatic rings. The molecule has 9 atom stereocenters. The highest BCUT2D eigenvalue weighted by molar-refractivity contribution is 5.81. The van der Waals surface area contributed by atoms with Gasteiger partial charge in [0.15, 0.2) is 5.96 Å². The predicted molar refractivity (Wildman–Crippen MR) is 178 cm³/mol. The van der Waals surface area contributed by atoms with Crippen LogP contribution in [0.2, 0.25) is 0 Å². The minimum Gasteiger partial charge on any atom is -0.378 e. The first-order chi connectivity index (χ1) is 20.8. The summed E-state index contributed by atoms with van der Waals surface area (Å²) in [5.74, 6) is 2.20. The molecule has 4 N–H and O–H groups in total. The number of aliphatic hydroxyl groups excluding tert-OH is 1. The van der Waals surface area contributed by atoms with Gasteiger partial charge >= 0.3 is 0 Å². The predicted octanol–water partition coefficient (Wildman–Crippen LogP) is 2.87. The number of nitrogens with one attached hydrogen (secondary N) is 3. The fourth-order valence-electron chi connectivity index (χ4n) is 7.27. The summed E-state index contributed by atoms with van der Waals surface area (Å²) in [5, 5.41) is 22.0. The molecule has 1 saturated heterocycles. The number of aliphatic hydroxyl groups is 1. The van der Waals surface area contributed by atoms with Gasteiger partial charge in [-0.2, -0.15) is 0 Å². The smallest absolute Gasteiger partial charge is 0.192 e. The normalized spacial score (nSPS) is 32.6. The Labute approximate surface area is 261 Å². The summed E-state index contributed by atoms with van der Waals surface area (Å²) in [6.07, 6.45) is 17.4. The van der Waals surface area contributed by atoms with Gasteiger partial charge < -0.3 is 30.3 Å². The maximum atomic E-state index is 11.1. The number of nitrogens with zero attached hydrogens (tertiary/aromatic N) is 4. The zero-order chi connectivity index (χ0) is 30.8. The van der Waals surface area contributed by atoms with Crippen molar-refractivity contribution >= 4 is 5.96 Å². The van der Waals surface area contributed by atoms with Crippen molar-refractivity contribution in [3.05, 3.63) is 37.0 Å². The van der Waals surface area contributed by atoms with Crippen molar-refractivity contribution in [1.82, 2.24) is 30.7 Å². The van der Waals surface area contributed by atoms with Crippen molar-refractivity contribution in [2.45, 2.75) is 83.0 Å². The first-order valence-corrected chi connectivity index (χ1v) is 16.9. The van der Waals surface area contributed by atoms with Crippen molar-refractivity contribution in [3.8, 4) is 0 Å². The van der Waals surface area contributed by atoms with E-state index in [1.165, 1.54) is 52.0 Å². The molecule has 0 spiro atoms. The van der Waals surface area contributed by atoms with Gasteiger partial charge in [0.25, 0.3) is 0 Å². The number of piperazine rings is 1. The molecule has 43 heavy (non-hydrogen) atoms. The Balaban J connectivity index is 1.25. The van der Waals surface area contributed by atoms with E-state index in [2.05, 4.69) is 89.5 Å². The Bertz CT molecular complexity index is 934. The molecule has 0 amide bonds. The zero-order valence-corrected chi connectivity index (χ0v) is 27.6. The number of rotatable bonds is 14. The molecule has 2 aliphatic heterocycles. The van der Waals surface area contributed by atoms with Gasteiger partial charge in [-0.25, -0.2) is 0 Å². The molecule has 4 aliphatic rings. The highest BCUT2D eigenvalue weighted by Crippen LogP contribution is 2.27. The average molecular weight is 600 g/mol. The largest absolute Gasteiger partial charge is 0.378 e. The van der Waals surface area contributed by atoms with Crippen molar-refractivity contribution in [1.29, 1.82) is 0 Å². The van der Waals surface area contributed by atoms with Crippen LogP contribution >= 0.6 is 0 Å². The highest BCUT2D eigenvalue weighted by Gasteiger charge is 2.32. The lowest BCUT2D eigenvalue weighted by Crippen LogP contribution is -2.60. The maximum absolute atomic E-state index is 11.1. The van der Waals surface area contributed by atoms with E-state index < -0.39 is 6.23 Å². The van der Waals surface area contributed by atoms with E-state index >= 15 is 0 Å². The number of likely N-dealkylation sites (N-methyl/N-ethyl adjacent to an activating group) is 1. The van der Waals surface area contributed by atoms with Gasteiger partial charge in [0.1, 0.15) is 6.23 Å². The van der Waals surface area contributed by atoms with Crippen LogP contribution < -0.4 is 16.0 Å². The number of ether oxygens (including phenoxy) is 1. The summed E-state index contributed by atoms with van der Waals surface area (Å²) < 4.78 is 5.86. The first-order valence-electron chi connectivity index (χ1n) is 16.9. The van der Waals surface area contributed by atoms with E-state index in [1.807, 2.05) is 13.2 Å². The van der Waals surface area contributed by atoms with Gasteiger partial charge in [-0.15, -0.1) is 6.58 Å². The molecule has 4 rings (SSSR count). The van der Waals surface area contributed by atoms with Crippen LogP contribution in [-0.2, 0) is 4.74 Å². The highest BCUT2D eigenvalue weighted by atomic mass is 16.5. The molecule has 0 aromatic heterocycles. The molecule has 0 saturated carbocycles. The molecule has 9 heteroatoms. The van der Waals surface area contributed by atoms with Crippen molar-refractivity contribution < 1.29 is 9.84 Å². The van der Waals surface area contributed by atoms with Crippen LogP contribution in [0.3, 0.4) is 0 Å². The number of hydrogen-bond donors (Lipinski definition) is 4. The average Bonchev–Trinajstić information content (AvgIpc) is 3.02. The summed E-state index contributed by atoms with van der Waals surface area (Å²) in [7, 11) is 6.18. The Hall–Kier alpha value is -1.75. The van der Waals surface area contributed by atoms with Crippen molar-refractivity contribution in [2.24, 2.45) is 28.7 Å². The minimum atomic E-state index is -0.625. The number of hydrogen-bond acceptors (Lipinski definition) is 9. The third-order valence-electron chi connectivity index (χ3n) is 10.3. The minimum absolute atomic E-state index is 0.0743. The van der Waals surface area contributed by atoms with Gasteiger partial charge in [-0.05, 0) is 77.9 Å². The number of aliphatic imine (C=N–C) groups is 1. The van der Waals surface area contributed by atoms with E-state index in [1.54, 1.807) is 0 Å². The van der Waals surface area contributed by atoms with Crippen LogP contribution in [0.25, 0.3) is 0 Å². The number of allylic oxidation sites excluding steroid dienone is 2. The fraction of sp³-hybridized carbons (Fsp3) is 0.794. The summed E-state index contributed by atoms with van der Waals surface area (Å²) in [4.78, 5) is 12.2. The topological polar surface area (TPSA) is 87.6 Å². The lowest BCUT2D eigenvalue weighted by molar-refractivity contribution is 0.0453. The van der Waals surface area contributed by atoms with Crippen molar-refractivity contribution in [2.75, 3.05) is 67.0 Å². The zero-order valence-electron chi connectivity index (χ0n) is 27.6. The van der Waals surface area contributed by atoms with Gasteiger partial charge in [-0.3, -0.25) is 15.2 Å². The number of methoxy groups -OCH3 is 1. The Kier molecular flexibility index (Phi) is 13.6. The quantitative estimate of drug-likeness (QED) is 0.179. The van der Waals surface area contributed by atoms with E-state index in [0.717, 1.165) is 31.8 Å². The SMILES string of the molecule is C=CC(CN(C)C1NC(N[C@H]2C=CC(OC)[C@@H](CCCN3CCN(C)CC3)C2)=NC[C@H]1C)[C@@H](O)NC(C)[C@@H]1CC=CCC1. The van der Waals surface area contributed by atoms with Gasteiger partial charge in [-0.1, -0.05) is 37.3 Å². The van der Waals surface area contributed by atoms with Crippen LogP contribution in [-0.4, -0.2) is 123 Å². The fourth-order valence-corrected chi connectivity index (χ4v) is 7.27. The third kappa shape index (κ3) is 10.1. The Morgan fingerprint density at radius 1 is 1.26 bits per heavy atom. The molecular weight excluding hydrogens is 538 g/mol. The van der Waals surface area contributed by atoms with Crippen molar-refractivity contribution in [3.63, 3.8) is 0 Å². The second kappa shape index (κ2) is 17.1. The second-order valence-corrected chi connectivity index (χ2v) is 13.7. The van der Waals surface area contributed by atoms with E-state index in [0.29, 0.717) is 24.3 Å². The van der Waals surface area contributed by atoms with E-state index in [-0.39, 0.29) is 30.3 Å². The first kappa shape index (κ1) is 34.1. The molecule has 0 aromatic carbocycles. The molecule has 0 radical (unpaired) electrons. The summed E-state index contributed by atoms with van der Waals surface area (Å²) in [6, 6.07) is 0.493. The standard InChI is InChI=1S/C34H61N7O2/c1-7-27(33(42)36-26(3)28-12-9-8-10-13-28)24-40(5)32-25(2)23-35-34(38-32)37-30-15-16-31(43-6)29(22-30)14-11-17-41-20-18-39(4)19-21-41/h7-9,15-16,25-33,36,42H,1,10-14,17-24H2,2-6H3,(H2,35,37,38)/t25-,26?,27?,28-,29+,30+,31?,32?,33-/m1/s1. The summed E-state index contributed by atoms with van der Waals surface area (Å²) in [6.45, 7) is 15.9. The van der Waals surface area contributed by atoms with Crippen LogP contribution in [0.15, 0.2) is 42.0 Å². The molecular formula is C34H61N7O2. The Morgan fingerprint density at radius 3 is 2.74 bits per heavy atom. The molecule has 1 fully saturated rings. The molecule has 2 aliphatic carbocycles.